The number of aromatic nitrogens is 1. The third-order valence-corrected chi connectivity index (χ3v) is 3.06. The molecule has 0 aliphatic carbocycles. The number of hydrogen-bond acceptors (Lipinski definition) is 3. The molecule has 0 radical (unpaired) electrons. The van der Waals surface area contributed by atoms with E-state index < -0.39 is 0 Å². The summed E-state index contributed by atoms with van der Waals surface area (Å²) in [5.41, 5.74) is 0.741. The lowest BCUT2D eigenvalue weighted by molar-refractivity contribution is 0.102. The summed E-state index contributed by atoms with van der Waals surface area (Å²) in [6.07, 6.45) is 3.67. The Kier molecular flexibility index (Phi) is 4.22. The Bertz CT molecular complexity index is 309. The smallest absolute Gasteiger partial charge is 0.174 e. The maximum atomic E-state index is 11.6. The van der Waals surface area contributed by atoms with E-state index in [1.54, 1.807) is 0 Å². The van der Waals surface area contributed by atoms with Gasteiger partial charge in [0.05, 0.1) is 12.4 Å². The first-order chi connectivity index (χ1) is 6.63. The molecule has 1 aromatic heterocycles. The molecule has 14 heavy (non-hydrogen) atoms. The van der Waals surface area contributed by atoms with Gasteiger partial charge >= 0.3 is 0 Å². The summed E-state index contributed by atoms with van der Waals surface area (Å²) in [7, 11) is 1.89. The van der Waals surface area contributed by atoms with Gasteiger partial charge in [-0.2, -0.15) is 0 Å². The fourth-order valence-electron chi connectivity index (χ4n) is 1.02. The van der Waals surface area contributed by atoms with Crippen LogP contribution in [-0.2, 0) is 7.05 Å². The van der Waals surface area contributed by atoms with Gasteiger partial charge < -0.3 is 9.67 Å². The average Bonchev–Trinajstić information content (AvgIpc) is 2.60. The molecule has 1 aromatic rings. The van der Waals surface area contributed by atoms with Crippen molar-refractivity contribution < 1.29 is 9.90 Å². The molecule has 0 aliphatic heterocycles. The molecule has 0 bridgehead atoms. The van der Waals surface area contributed by atoms with E-state index in [1.165, 1.54) is 11.8 Å². The predicted molar refractivity (Wildman–Crippen MR) is 58.7 cm³/mol. The number of carbonyl (C=O) groups is 1. The topological polar surface area (TPSA) is 42.2 Å². The van der Waals surface area contributed by atoms with Gasteiger partial charge in [0.1, 0.15) is 0 Å². The van der Waals surface area contributed by atoms with Crippen LogP contribution in [0.4, 0.5) is 0 Å². The van der Waals surface area contributed by atoms with Gasteiger partial charge in [0.15, 0.2) is 5.78 Å². The van der Waals surface area contributed by atoms with E-state index in [2.05, 4.69) is 0 Å². The number of rotatable bonds is 5. The molecule has 1 atom stereocenters. The Hall–Kier alpha value is -0.740. The van der Waals surface area contributed by atoms with Gasteiger partial charge in [-0.25, -0.2) is 0 Å². The monoisotopic (exact) mass is 213 g/mol. The minimum absolute atomic E-state index is 0.118. The lowest BCUT2D eigenvalue weighted by Crippen LogP contribution is -2.08. The summed E-state index contributed by atoms with van der Waals surface area (Å²) in [4.78, 5) is 11.6. The van der Waals surface area contributed by atoms with Crippen LogP contribution < -0.4 is 0 Å². The number of aliphatic hydroxyl groups is 1. The number of aliphatic hydroxyl groups excluding tert-OH is 1. The second kappa shape index (κ2) is 5.22. The first-order valence-electron chi connectivity index (χ1n) is 4.51. The van der Waals surface area contributed by atoms with Crippen LogP contribution >= 0.6 is 11.8 Å². The van der Waals surface area contributed by atoms with Gasteiger partial charge in [0.2, 0.25) is 0 Å². The number of aryl methyl sites for hydroxylation is 1. The summed E-state index contributed by atoms with van der Waals surface area (Å²) >= 11 is 1.48. The Morgan fingerprint density at radius 1 is 1.71 bits per heavy atom. The number of Topliss-reactive ketones (excluding diaryl/α,β-unsaturated/α-hetero) is 1. The minimum Gasteiger partial charge on any atom is -0.395 e. The van der Waals surface area contributed by atoms with Crippen molar-refractivity contribution in [3.63, 3.8) is 0 Å². The Balaban J connectivity index is 2.43. The fraction of sp³-hybridized carbons (Fsp3) is 0.500. The number of carbonyl (C=O) groups excluding carboxylic acids is 1. The molecular weight excluding hydrogens is 198 g/mol. The molecule has 1 heterocycles. The molecule has 0 aliphatic rings. The van der Waals surface area contributed by atoms with Gasteiger partial charge in [-0.1, -0.05) is 6.92 Å². The van der Waals surface area contributed by atoms with Crippen LogP contribution in [0.1, 0.15) is 17.3 Å². The van der Waals surface area contributed by atoms with E-state index in [0.29, 0.717) is 5.75 Å². The van der Waals surface area contributed by atoms with Gasteiger partial charge in [0.25, 0.3) is 0 Å². The second-order valence-electron chi connectivity index (χ2n) is 3.29. The summed E-state index contributed by atoms with van der Waals surface area (Å²) < 4.78 is 1.85. The molecule has 0 spiro atoms. The molecule has 78 valence electrons. The quantitative estimate of drug-likeness (QED) is 0.750. The molecule has 0 aromatic carbocycles. The maximum Gasteiger partial charge on any atom is 0.174 e. The van der Waals surface area contributed by atoms with Crippen LogP contribution in [0.25, 0.3) is 0 Å². The van der Waals surface area contributed by atoms with Gasteiger partial charge in [-0.3, -0.25) is 4.79 Å². The Morgan fingerprint density at radius 3 is 2.93 bits per heavy atom. The number of thioether (sulfide) groups is 1. The van der Waals surface area contributed by atoms with Crippen molar-refractivity contribution in [3.05, 3.63) is 24.0 Å². The molecule has 0 saturated heterocycles. The van der Waals surface area contributed by atoms with E-state index in [0.717, 1.165) is 5.56 Å². The van der Waals surface area contributed by atoms with E-state index in [9.17, 15) is 4.79 Å². The van der Waals surface area contributed by atoms with Crippen molar-refractivity contribution in [1.82, 2.24) is 4.57 Å². The summed E-state index contributed by atoms with van der Waals surface area (Å²) in [5, 5.41) is 8.91. The highest BCUT2D eigenvalue weighted by molar-refractivity contribution is 8.00. The highest BCUT2D eigenvalue weighted by Gasteiger charge is 2.09. The molecule has 0 fully saturated rings. The van der Waals surface area contributed by atoms with Crippen LogP contribution in [0, 0.1) is 0 Å². The fourth-order valence-corrected chi connectivity index (χ4v) is 1.73. The second-order valence-corrected chi connectivity index (χ2v) is 4.72. The molecular formula is C10H15NO2S. The van der Waals surface area contributed by atoms with Crippen molar-refractivity contribution in [1.29, 1.82) is 0 Å². The van der Waals surface area contributed by atoms with Crippen LogP contribution in [0.3, 0.4) is 0 Å². The number of hydrogen-bond donors (Lipinski definition) is 1. The van der Waals surface area contributed by atoms with Gasteiger partial charge in [-0.15, -0.1) is 11.8 Å². The Morgan fingerprint density at radius 2 is 2.43 bits per heavy atom. The maximum absolute atomic E-state index is 11.6. The van der Waals surface area contributed by atoms with Crippen molar-refractivity contribution in [2.75, 3.05) is 12.4 Å². The van der Waals surface area contributed by atoms with Crippen LogP contribution in [0.15, 0.2) is 18.5 Å². The van der Waals surface area contributed by atoms with Gasteiger partial charge in [0, 0.05) is 30.3 Å². The first-order valence-corrected chi connectivity index (χ1v) is 5.56. The molecule has 4 heteroatoms. The molecule has 1 unspecified atom stereocenters. The Labute approximate surface area is 88.1 Å². The zero-order valence-corrected chi connectivity index (χ0v) is 9.25. The standard InChI is InChI=1S/C10H15NO2S/c1-8(6-12)14-7-10(13)9-3-4-11(2)5-9/h3-5,8,12H,6-7H2,1-2H3. The lowest BCUT2D eigenvalue weighted by atomic mass is 10.2. The summed E-state index contributed by atoms with van der Waals surface area (Å²) in [6.45, 7) is 2.02. The van der Waals surface area contributed by atoms with E-state index in [1.807, 2.05) is 37.0 Å². The van der Waals surface area contributed by atoms with E-state index >= 15 is 0 Å². The van der Waals surface area contributed by atoms with Gasteiger partial charge in [-0.05, 0) is 6.07 Å². The zero-order chi connectivity index (χ0) is 10.6. The zero-order valence-electron chi connectivity index (χ0n) is 8.43. The lowest BCUT2D eigenvalue weighted by Gasteiger charge is -2.05. The molecule has 3 nitrogen and oxygen atoms in total. The SMILES string of the molecule is CC(CO)SCC(=O)c1ccn(C)c1. The molecule has 1 rings (SSSR count). The van der Waals surface area contributed by atoms with Crippen molar-refractivity contribution >= 4 is 17.5 Å². The molecule has 0 saturated carbocycles. The van der Waals surface area contributed by atoms with Crippen molar-refractivity contribution in [3.8, 4) is 0 Å². The molecule has 1 N–H and O–H groups in total. The summed E-state index contributed by atoms with van der Waals surface area (Å²) in [5.74, 6) is 0.557. The first kappa shape index (κ1) is 11.3. The average molecular weight is 213 g/mol. The van der Waals surface area contributed by atoms with Crippen molar-refractivity contribution in [2.24, 2.45) is 7.05 Å². The van der Waals surface area contributed by atoms with E-state index in [-0.39, 0.29) is 17.6 Å². The van der Waals surface area contributed by atoms with Crippen molar-refractivity contribution in [2.45, 2.75) is 12.2 Å². The third kappa shape index (κ3) is 3.20. The highest BCUT2D eigenvalue weighted by Crippen LogP contribution is 2.12. The van der Waals surface area contributed by atoms with Crippen LogP contribution in [0.2, 0.25) is 0 Å². The number of nitrogens with zero attached hydrogens (tertiary/aromatic N) is 1. The third-order valence-electron chi connectivity index (χ3n) is 1.91. The summed E-state index contributed by atoms with van der Waals surface area (Å²) in [6, 6.07) is 1.81. The van der Waals surface area contributed by atoms with E-state index in [4.69, 9.17) is 5.11 Å². The van der Waals surface area contributed by atoms with Crippen LogP contribution in [-0.4, -0.2) is 33.1 Å². The minimum atomic E-state index is 0.118. The predicted octanol–water partition coefficient (Wildman–Crippen LogP) is 1.32. The molecule has 0 amide bonds. The highest BCUT2D eigenvalue weighted by atomic mass is 32.2. The van der Waals surface area contributed by atoms with Crippen LogP contribution in [0.5, 0.6) is 0 Å². The number of ketones is 1. The largest absolute Gasteiger partial charge is 0.395 e. The normalized spacial score (nSPS) is 12.8.